The van der Waals surface area contributed by atoms with Gasteiger partial charge in [-0.3, -0.25) is 4.79 Å². The molecule has 27 heavy (non-hydrogen) atoms. The Morgan fingerprint density at radius 3 is 2.44 bits per heavy atom. The van der Waals surface area contributed by atoms with Crippen LogP contribution in [0.25, 0.3) is 0 Å². The molecular formula is C21H22ClN3O2. The van der Waals surface area contributed by atoms with Crippen molar-refractivity contribution in [3.05, 3.63) is 64.3 Å². The molecule has 2 rings (SSSR count). The second-order valence-corrected chi connectivity index (χ2v) is 6.21. The highest BCUT2D eigenvalue weighted by molar-refractivity contribution is 6.31. The number of halogens is 1. The van der Waals surface area contributed by atoms with Crippen LogP contribution in [0.2, 0.25) is 5.02 Å². The van der Waals surface area contributed by atoms with Gasteiger partial charge in [-0.2, -0.15) is 5.26 Å². The normalized spacial score (nSPS) is 10.9. The quantitative estimate of drug-likeness (QED) is 0.525. The summed E-state index contributed by atoms with van der Waals surface area (Å²) in [5.74, 6) is -0.0832. The Morgan fingerprint density at radius 2 is 1.89 bits per heavy atom. The summed E-state index contributed by atoms with van der Waals surface area (Å²) in [5.41, 5.74) is 3.53. The highest BCUT2D eigenvalue weighted by atomic mass is 35.5. The highest BCUT2D eigenvalue weighted by Crippen LogP contribution is 2.28. The van der Waals surface area contributed by atoms with E-state index in [2.05, 4.69) is 24.5 Å². The molecule has 2 aromatic rings. The van der Waals surface area contributed by atoms with Crippen molar-refractivity contribution in [2.75, 3.05) is 17.7 Å². The number of aryl methyl sites for hydroxylation is 2. The fourth-order valence-electron chi connectivity index (χ4n) is 2.69. The van der Waals surface area contributed by atoms with Crippen LogP contribution in [0.3, 0.4) is 0 Å². The minimum atomic E-state index is -0.544. The van der Waals surface area contributed by atoms with Crippen LogP contribution in [0.1, 0.15) is 25.0 Å². The number of nitriles is 1. The summed E-state index contributed by atoms with van der Waals surface area (Å²) < 4.78 is 5.21. The van der Waals surface area contributed by atoms with Crippen molar-refractivity contribution >= 4 is 28.9 Å². The van der Waals surface area contributed by atoms with E-state index in [9.17, 15) is 10.1 Å². The third-order valence-corrected chi connectivity index (χ3v) is 4.37. The van der Waals surface area contributed by atoms with Crippen LogP contribution in [0.4, 0.5) is 11.4 Å². The molecule has 0 radical (unpaired) electrons. The van der Waals surface area contributed by atoms with Gasteiger partial charge in [0.1, 0.15) is 17.4 Å². The maximum Gasteiger partial charge on any atom is 0.267 e. The van der Waals surface area contributed by atoms with Gasteiger partial charge in [0.2, 0.25) is 0 Å². The largest absolute Gasteiger partial charge is 0.495 e. The molecule has 0 heterocycles. The van der Waals surface area contributed by atoms with Crippen molar-refractivity contribution in [3.63, 3.8) is 0 Å². The lowest BCUT2D eigenvalue weighted by Crippen LogP contribution is -2.15. The molecule has 140 valence electrons. The van der Waals surface area contributed by atoms with Crippen molar-refractivity contribution in [3.8, 4) is 11.8 Å². The van der Waals surface area contributed by atoms with Gasteiger partial charge in [-0.05, 0) is 42.2 Å². The Hall–Kier alpha value is -2.97. The lowest BCUT2D eigenvalue weighted by molar-refractivity contribution is -0.112. The number of benzene rings is 2. The first-order chi connectivity index (χ1) is 13.0. The fourth-order valence-corrected chi connectivity index (χ4v) is 2.86. The van der Waals surface area contributed by atoms with Gasteiger partial charge in [0, 0.05) is 16.9 Å². The lowest BCUT2D eigenvalue weighted by atomic mass is 10.0. The number of hydrogen-bond donors (Lipinski definition) is 2. The van der Waals surface area contributed by atoms with Crippen molar-refractivity contribution in [1.82, 2.24) is 0 Å². The maximum atomic E-state index is 12.5. The van der Waals surface area contributed by atoms with Gasteiger partial charge < -0.3 is 15.4 Å². The molecule has 0 spiro atoms. The number of nitrogens with one attached hydrogen (secondary N) is 2. The summed E-state index contributed by atoms with van der Waals surface area (Å²) in [6.45, 7) is 4.13. The van der Waals surface area contributed by atoms with E-state index in [1.165, 1.54) is 13.3 Å². The summed E-state index contributed by atoms with van der Waals surface area (Å²) >= 11 is 5.98. The van der Waals surface area contributed by atoms with E-state index in [0.717, 1.165) is 29.7 Å². The smallest absolute Gasteiger partial charge is 0.267 e. The molecule has 0 unspecified atom stereocenters. The zero-order valence-electron chi connectivity index (χ0n) is 15.6. The summed E-state index contributed by atoms with van der Waals surface area (Å²) in [7, 11) is 1.50. The number of rotatable bonds is 7. The Kier molecular flexibility index (Phi) is 7.27. The first-order valence-electron chi connectivity index (χ1n) is 8.66. The van der Waals surface area contributed by atoms with E-state index < -0.39 is 5.91 Å². The number of amides is 1. The van der Waals surface area contributed by atoms with Gasteiger partial charge >= 0.3 is 0 Å². The number of methoxy groups -OCH3 is 1. The fraction of sp³-hybridized carbons (Fsp3) is 0.238. The average Bonchev–Trinajstić information content (AvgIpc) is 2.68. The van der Waals surface area contributed by atoms with E-state index in [1.54, 1.807) is 18.2 Å². The van der Waals surface area contributed by atoms with E-state index in [-0.39, 0.29) is 5.57 Å². The van der Waals surface area contributed by atoms with Crippen LogP contribution in [0, 0.1) is 11.3 Å². The number of hydrogen-bond acceptors (Lipinski definition) is 4. The Bertz CT molecular complexity index is 879. The third kappa shape index (κ3) is 5.02. The number of carbonyl (C=O) groups is 1. The molecule has 0 aliphatic rings. The Balaban J connectivity index is 2.26. The van der Waals surface area contributed by atoms with Gasteiger partial charge in [-0.1, -0.05) is 43.6 Å². The highest BCUT2D eigenvalue weighted by Gasteiger charge is 2.13. The molecule has 0 atom stereocenters. The molecule has 0 saturated heterocycles. The molecule has 0 aromatic heterocycles. The first kappa shape index (κ1) is 20.3. The number of nitrogens with zero attached hydrogens (tertiary/aromatic N) is 1. The Morgan fingerprint density at radius 1 is 1.22 bits per heavy atom. The molecule has 0 saturated carbocycles. The van der Waals surface area contributed by atoms with Gasteiger partial charge in [0.15, 0.2) is 0 Å². The first-order valence-corrected chi connectivity index (χ1v) is 9.04. The van der Waals surface area contributed by atoms with E-state index in [1.807, 2.05) is 24.3 Å². The van der Waals surface area contributed by atoms with Crippen LogP contribution in [-0.4, -0.2) is 13.0 Å². The summed E-state index contributed by atoms with van der Waals surface area (Å²) in [5, 5.41) is 15.7. The number of para-hydroxylation sites is 1. The monoisotopic (exact) mass is 383 g/mol. The number of ether oxygens (including phenoxy) is 1. The summed E-state index contributed by atoms with van der Waals surface area (Å²) in [4.78, 5) is 12.5. The molecule has 0 aliphatic carbocycles. The molecule has 0 aliphatic heterocycles. The standard InChI is InChI=1S/C21H22ClN3O2/c1-4-14-7-6-8-15(5-2)20(14)24-13-16(12-23)21(26)25-18-11-17(22)9-10-19(18)27-3/h6-11,13,24H,4-5H2,1-3H3,(H,25,26)/b16-13-. The average molecular weight is 384 g/mol. The molecule has 0 bridgehead atoms. The van der Waals surface area contributed by atoms with Gasteiger partial charge in [-0.25, -0.2) is 0 Å². The van der Waals surface area contributed by atoms with Crippen LogP contribution in [0.5, 0.6) is 5.75 Å². The topological polar surface area (TPSA) is 74.2 Å². The van der Waals surface area contributed by atoms with Crippen LogP contribution < -0.4 is 15.4 Å². The molecule has 1 amide bonds. The van der Waals surface area contributed by atoms with Crippen molar-refractivity contribution in [2.24, 2.45) is 0 Å². The van der Waals surface area contributed by atoms with Crippen molar-refractivity contribution in [2.45, 2.75) is 26.7 Å². The van der Waals surface area contributed by atoms with E-state index in [4.69, 9.17) is 16.3 Å². The predicted octanol–water partition coefficient (Wildman–Crippen LogP) is 4.93. The molecular weight excluding hydrogens is 362 g/mol. The summed E-state index contributed by atoms with van der Waals surface area (Å²) in [6.07, 6.45) is 3.12. The number of carbonyl (C=O) groups excluding carboxylic acids is 1. The van der Waals surface area contributed by atoms with E-state index >= 15 is 0 Å². The van der Waals surface area contributed by atoms with Crippen LogP contribution in [-0.2, 0) is 17.6 Å². The van der Waals surface area contributed by atoms with E-state index in [0.29, 0.717) is 16.5 Å². The van der Waals surface area contributed by atoms with Gasteiger partial charge in [0.05, 0.1) is 12.8 Å². The Labute approximate surface area is 164 Å². The van der Waals surface area contributed by atoms with Crippen molar-refractivity contribution < 1.29 is 9.53 Å². The van der Waals surface area contributed by atoms with Crippen LogP contribution in [0.15, 0.2) is 48.2 Å². The predicted molar refractivity (Wildman–Crippen MR) is 109 cm³/mol. The third-order valence-electron chi connectivity index (χ3n) is 4.13. The zero-order chi connectivity index (χ0) is 19.8. The second kappa shape index (κ2) is 9.65. The van der Waals surface area contributed by atoms with Crippen molar-refractivity contribution in [1.29, 1.82) is 5.26 Å². The SMILES string of the molecule is CCc1cccc(CC)c1N/C=C(/C#N)C(=O)Nc1cc(Cl)ccc1OC. The zero-order valence-corrected chi connectivity index (χ0v) is 16.4. The molecule has 5 nitrogen and oxygen atoms in total. The summed E-state index contributed by atoms with van der Waals surface area (Å²) in [6, 6.07) is 12.9. The van der Waals surface area contributed by atoms with Gasteiger partial charge in [0.25, 0.3) is 5.91 Å². The molecule has 6 heteroatoms. The second-order valence-electron chi connectivity index (χ2n) is 5.77. The lowest BCUT2D eigenvalue weighted by Gasteiger charge is -2.13. The van der Waals surface area contributed by atoms with Crippen LogP contribution >= 0.6 is 11.6 Å². The molecule has 2 N–H and O–H groups in total. The minimum Gasteiger partial charge on any atom is -0.495 e. The maximum absolute atomic E-state index is 12.5. The minimum absolute atomic E-state index is 0.0509. The molecule has 0 fully saturated rings. The molecule has 2 aromatic carbocycles. The number of anilines is 2. The van der Waals surface area contributed by atoms with Gasteiger partial charge in [-0.15, -0.1) is 0 Å².